The maximum absolute atomic E-state index is 13.2. The maximum atomic E-state index is 13.2. The van der Waals surface area contributed by atoms with E-state index < -0.39 is 24.5 Å². The molecule has 0 aromatic rings. The molecule has 1 saturated heterocycles. The van der Waals surface area contributed by atoms with Gasteiger partial charge in [-0.25, -0.2) is 0 Å². The molecule has 0 spiro atoms. The number of nitrogens with two attached hydrogens (primary N) is 1. The number of unbranched alkanes of at least 4 members (excludes halogenated alkanes) is 2. The number of carbonyl (C=O) groups is 4. The summed E-state index contributed by atoms with van der Waals surface area (Å²) in [7, 11) is 1.65. The Hall–Kier alpha value is -2.56. The number of nitrogens with zero attached hydrogens (tertiary/aromatic N) is 3. The van der Waals surface area contributed by atoms with E-state index in [1.54, 1.807) is 16.8 Å². The second-order valence-corrected chi connectivity index (χ2v) is 9.00. The number of nitrogens with one attached hydrogen (secondary N) is 2. The van der Waals surface area contributed by atoms with E-state index in [0.717, 1.165) is 25.7 Å². The molecule has 2 rings (SSSR count). The molecule has 11 nitrogen and oxygen atoms in total. The maximum Gasteiger partial charge on any atom is 0.323 e. The molecule has 12 heteroatoms. The standard InChI is InChI=1S/C22H38N6O5.ClH/c1-3-4-5-8-18(29)25-17(21(33)28(14-20(31)32)15-9-10-15)12-19(30)26(2)16-7-6-11-27(13-16)22(23)24;/h15-17H,3-14H2,1-2H3,(H3,23,24)(H,25,29)(H,31,32);1H/t16-,17-;/m0./s1. The zero-order chi connectivity index (χ0) is 24.5. The molecule has 1 heterocycles. The SMILES string of the molecule is CCCCCC(=O)N[C@@H](CC(=O)N(C)[C@H]1CCCN(C(=N)N)C1)C(=O)N(CC(=O)O)C1CC1.Cl. The molecule has 0 unspecified atom stereocenters. The monoisotopic (exact) mass is 502 g/mol. The van der Waals surface area contributed by atoms with Crippen molar-refractivity contribution in [1.29, 1.82) is 5.41 Å². The Labute approximate surface area is 207 Å². The van der Waals surface area contributed by atoms with Gasteiger partial charge in [-0.05, 0) is 32.1 Å². The van der Waals surface area contributed by atoms with Gasteiger partial charge in [0.2, 0.25) is 17.7 Å². The van der Waals surface area contributed by atoms with Crippen LogP contribution in [0.2, 0.25) is 0 Å². The van der Waals surface area contributed by atoms with Crippen LogP contribution < -0.4 is 11.1 Å². The van der Waals surface area contributed by atoms with Crippen LogP contribution >= 0.6 is 12.4 Å². The van der Waals surface area contributed by atoms with Crippen molar-refractivity contribution in [3.8, 4) is 0 Å². The number of aliphatic carboxylic acids is 1. The number of piperidine rings is 1. The van der Waals surface area contributed by atoms with Crippen molar-refractivity contribution in [2.75, 3.05) is 26.7 Å². The Kier molecular flexibility index (Phi) is 12.1. The summed E-state index contributed by atoms with van der Waals surface area (Å²) in [5.41, 5.74) is 5.60. The molecule has 34 heavy (non-hydrogen) atoms. The first-order chi connectivity index (χ1) is 15.6. The van der Waals surface area contributed by atoms with Crippen molar-refractivity contribution in [3.05, 3.63) is 0 Å². The lowest BCUT2D eigenvalue weighted by molar-refractivity contribution is -0.147. The summed E-state index contributed by atoms with van der Waals surface area (Å²) in [5.74, 6) is -2.33. The highest BCUT2D eigenvalue weighted by Gasteiger charge is 2.39. The molecule has 1 aliphatic heterocycles. The Morgan fingerprint density at radius 2 is 1.85 bits per heavy atom. The van der Waals surface area contributed by atoms with E-state index in [1.165, 1.54) is 4.90 Å². The third-order valence-corrected chi connectivity index (χ3v) is 6.27. The van der Waals surface area contributed by atoms with Gasteiger partial charge in [0.25, 0.3) is 0 Å². The molecule has 0 bridgehead atoms. The van der Waals surface area contributed by atoms with Gasteiger partial charge in [0.05, 0.1) is 6.42 Å². The number of likely N-dealkylation sites (N-methyl/N-ethyl adjacent to an activating group) is 1. The second-order valence-electron chi connectivity index (χ2n) is 9.00. The zero-order valence-corrected chi connectivity index (χ0v) is 20.9. The first kappa shape index (κ1) is 29.5. The largest absolute Gasteiger partial charge is 0.480 e. The molecule has 2 aliphatic rings. The molecule has 2 fully saturated rings. The summed E-state index contributed by atoms with van der Waals surface area (Å²) >= 11 is 0. The molecule has 3 amide bonds. The number of likely N-dealkylation sites (tertiary alicyclic amines) is 1. The van der Waals surface area contributed by atoms with E-state index in [2.05, 4.69) is 5.32 Å². The minimum Gasteiger partial charge on any atom is -0.480 e. The van der Waals surface area contributed by atoms with Gasteiger partial charge in [0.15, 0.2) is 5.96 Å². The highest BCUT2D eigenvalue weighted by atomic mass is 35.5. The van der Waals surface area contributed by atoms with Crippen LogP contribution in [-0.2, 0) is 19.2 Å². The first-order valence-corrected chi connectivity index (χ1v) is 11.8. The normalized spacial score (nSPS) is 18.3. The lowest BCUT2D eigenvalue weighted by Crippen LogP contribution is -2.55. The Morgan fingerprint density at radius 3 is 2.41 bits per heavy atom. The first-order valence-electron chi connectivity index (χ1n) is 11.8. The van der Waals surface area contributed by atoms with Gasteiger partial charge in [-0.1, -0.05) is 19.8 Å². The van der Waals surface area contributed by atoms with Gasteiger partial charge in [-0.15, -0.1) is 12.4 Å². The fourth-order valence-corrected chi connectivity index (χ4v) is 4.13. The Bertz CT molecular complexity index is 747. The van der Waals surface area contributed by atoms with E-state index >= 15 is 0 Å². The number of guanidine groups is 1. The van der Waals surface area contributed by atoms with Crippen molar-refractivity contribution < 1.29 is 24.3 Å². The average Bonchev–Trinajstić information content (AvgIpc) is 3.61. The third-order valence-electron chi connectivity index (χ3n) is 6.27. The Balaban J connectivity index is 0.00000578. The lowest BCUT2D eigenvalue weighted by Gasteiger charge is -2.38. The number of carboxylic acid groups (broad SMARTS) is 1. The van der Waals surface area contributed by atoms with E-state index in [-0.39, 0.29) is 55.1 Å². The average molecular weight is 503 g/mol. The van der Waals surface area contributed by atoms with Crippen LogP contribution in [0.1, 0.15) is 64.7 Å². The minimum atomic E-state index is -1.13. The van der Waals surface area contributed by atoms with Crippen molar-refractivity contribution >= 4 is 42.1 Å². The summed E-state index contributed by atoms with van der Waals surface area (Å²) in [5, 5.41) is 19.6. The quantitative estimate of drug-likeness (QED) is 0.174. The number of amides is 3. The van der Waals surface area contributed by atoms with E-state index in [4.69, 9.17) is 11.1 Å². The van der Waals surface area contributed by atoms with Crippen LogP contribution in [0.15, 0.2) is 0 Å². The molecule has 0 radical (unpaired) electrons. The van der Waals surface area contributed by atoms with Gasteiger partial charge in [-0.3, -0.25) is 24.6 Å². The number of halogens is 1. The minimum absolute atomic E-state index is 0. The lowest BCUT2D eigenvalue weighted by atomic mass is 10.0. The highest BCUT2D eigenvalue weighted by molar-refractivity contribution is 5.93. The van der Waals surface area contributed by atoms with Crippen LogP contribution in [-0.4, -0.2) is 94.3 Å². The Morgan fingerprint density at radius 1 is 1.18 bits per heavy atom. The predicted octanol–water partition coefficient (Wildman–Crippen LogP) is 0.755. The van der Waals surface area contributed by atoms with Crippen molar-refractivity contribution in [1.82, 2.24) is 20.0 Å². The van der Waals surface area contributed by atoms with Gasteiger partial charge in [0, 0.05) is 38.6 Å². The molecule has 1 aliphatic carbocycles. The fourth-order valence-electron chi connectivity index (χ4n) is 4.13. The summed E-state index contributed by atoms with van der Waals surface area (Å²) in [6.07, 6.45) is 5.49. The number of carbonyl (C=O) groups excluding carboxylic acids is 3. The fraction of sp³-hybridized carbons (Fsp3) is 0.773. The molecule has 0 aromatic heterocycles. The molecule has 2 atom stereocenters. The zero-order valence-electron chi connectivity index (χ0n) is 20.1. The van der Waals surface area contributed by atoms with Crippen molar-refractivity contribution in [2.45, 2.75) is 82.8 Å². The number of rotatable bonds is 12. The van der Waals surface area contributed by atoms with Gasteiger partial charge >= 0.3 is 5.97 Å². The number of hydrogen-bond acceptors (Lipinski definition) is 5. The van der Waals surface area contributed by atoms with E-state index in [1.807, 2.05) is 6.92 Å². The highest BCUT2D eigenvalue weighted by Crippen LogP contribution is 2.27. The second kappa shape index (κ2) is 14.0. The summed E-state index contributed by atoms with van der Waals surface area (Å²) in [4.78, 5) is 54.6. The molecule has 1 saturated carbocycles. The van der Waals surface area contributed by atoms with Crippen LogP contribution in [0.3, 0.4) is 0 Å². The van der Waals surface area contributed by atoms with Gasteiger partial charge in [0.1, 0.15) is 12.6 Å². The molecule has 0 aromatic carbocycles. The van der Waals surface area contributed by atoms with Crippen LogP contribution in [0.5, 0.6) is 0 Å². The number of carboxylic acids is 1. The van der Waals surface area contributed by atoms with Gasteiger partial charge in [-0.2, -0.15) is 0 Å². The van der Waals surface area contributed by atoms with Crippen LogP contribution in [0.25, 0.3) is 0 Å². The van der Waals surface area contributed by atoms with E-state index in [0.29, 0.717) is 32.4 Å². The number of hydrogen-bond donors (Lipinski definition) is 4. The predicted molar refractivity (Wildman–Crippen MR) is 130 cm³/mol. The molecule has 5 N–H and O–H groups in total. The summed E-state index contributed by atoms with van der Waals surface area (Å²) < 4.78 is 0. The van der Waals surface area contributed by atoms with Crippen LogP contribution in [0.4, 0.5) is 0 Å². The van der Waals surface area contributed by atoms with Crippen molar-refractivity contribution in [3.63, 3.8) is 0 Å². The van der Waals surface area contributed by atoms with E-state index in [9.17, 15) is 24.3 Å². The van der Waals surface area contributed by atoms with Gasteiger partial charge < -0.3 is 30.9 Å². The van der Waals surface area contributed by atoms with Crippen molar-refractivity contribution in [2.24, 2.45) is 5.73 Å². The van der Waals surface area contributed by atoms with Crippen LogP contribution in [0, 0.1) is 5.41 Å². The summed E-state index contributed by atoms with van der Waals surface area (Å²) in [6.45, 7) is 2.67. The third kappa shape index (κ3) is 9.00. The molecular formula is C22H39ClN6O5. The topological polar surface area (TPSA) is 160 Å². The summed E-state index contributed by atoms with van der Waals surface area (Å²) in [6, 6.07) is -1.44. The molecular weight excluding hydrogens is 464 g/mol. The smallest absolute Gasteiger partial charge is 0.323 e. The molecule has 194 valence electrons.